The summed E-state index contributed by atoms with van der Waals surface area (Å²) in [6, 6.07) is 0. The molecule has 0 rings (SSSR count). The maximum Gasteiger partial charge on any atom is -0.00186 e. The van der Waals surface area contributed by atoms with Crippen LogP contribution in [-0.2, 0) is 0 Å². The molecule has 0 heteroatoms. The Morgan fingerprint density at radius 3 is 1.95 bits per heavy atom. The van der Waals surface area contributed by atoms with Crippen LogP contribution in [0.4, 0.5) is 0 Å². The zero-order valence-corrected chi connectivity index (χ0v) is 14.4. The van der Waals surface area contributed by atoms with E-state index in [1.54, 1.807) is 0 Å². The highest BCUT2D eigenvalue weighted by Crippen LogP contribution is 2.42. The van der Waals surface area contributed by atoms with Gasteiger partial charge in [0.25, 0.3) is 0 Å². The van der Waals surface area contributed by atoms with Crippen LogP contribution < -0.4 is 0 Å². The third kappa shape index (κ3) is 6.41. The van der Waals surface area contributed by atoms with Crippen LogP contribution >= 0.6 is 0 Å². The van der Waals surface area contributed by atoms with E-state index in [4.69, 9.17) is 0 Å². The highest BCUT2D eigenvalue weighted by atomic mass is 14.4. The minimum atomic E-state index is 0.121. The van der Waals surface area contributed by atoms with Gasteiger partial charge in [0.1, 0.15) is 0 Å². The second kappa shape index (κ2) is 9.00. The molecule has 0 bridgehead atoms. The van der Waals surface area contributed by atoms with Crippen LogP contribution in [0.3, 0.4) is 0 Å². The van der Waals surface area contributed by atoms with E-state index < -0.39 is 0 Å². The first-order valence-corrected chi connectivity index (χ1v) is 7.63. The van der Waals surface area contributed by atoms with Crippen molar-refractivity contribution < 1.29 is 0 Å². The Bertz CT molecular complexity index is 361. The van der Waals surface area contributed by atoms with Crippen LogP contribution in [0.1, 0.15) is 60.8 Å². The molecule has 0 aromatic carbocycles. The second-order valence-corrected chi connectivity index (χ2v) is 6.55. The molecule has 1 radical (unpaired) electrons. The van der Waals surface area contributed by atoms with E-state index in [2.05, 4.69) is 72.9 Å². The Morgan fingerprint density at radius 2 is 1.55 bits per heavy atom. The summed E-state index contributed by atoms with van der Waals surface area (Å²) >= 11 is 0. The van der Waals surface area contributed by atoms with Crippen LogP contribution in [-0.4, -0.2) is 0 Å². The summed E-state index contributed by atoms with van der Waals surface area (Å²) in [5.41, 5.74) is 2.89. The molecule has 0 N–H and O–H groups in total. The quantitative estimate of drug-likeness (QED) is 0.411. The van der Waals surface area contributed by atoms with Gasteiger partial charge < -0.3 is 0 Å². The predicted molar refractivity (Wildman–Crippen MR) is 93.6 cm³/mol. The minimum absolute atomic E-state index is 0.121. The second-order valence-electron chi connectivity index (χ2n) is 6.55. The van der Waals surface area contributed by atoms with E-state index in [0.29, 0.717) is 5.92 Å². The highest BCUT2D eigenvalue weighted by molar-refractivity contribution is 5.17. The van der Waals surface area contributed by atoms with E-state index in [-0.39, 0.29) is 5.41 Å². The minimum Gasteiger partial charge on any atom is -0.103 e. The van der Waals surface area contributed by atoms with Gasteiger partial charge in [-0.2, -0.15) is 0 Å². The molecule has 0 aliphatic heterocycles. The van der Waals surface area contributed by atoms with Crippen molar-refractivity contribution in [3.63, 3.8) is 0 Å². The maximum absolute atomic E-state index is 4.11. The molecule has 0 aromatic rings. The van der Waals surface area contributed by atoms with Gasteiger partial charge in [-0.15, -0.1) is 13.2 Å². The van der Waals surface area contributed by atoms with Crippen molar-refractivity contribution in [3.05, 3.63) is 54.5 Å². The molecule has 113 valence electrons. The predicted octanol–water partition coefficient (Wildman–Crippen LogP) is 6.68. The van der Waals surface area contributed by atoms with Gasteiger partial charge in [0.05, 0.1) is 0 Å². The molecule has 0 nitrogen and oxygen atoms in total. The summed E-state index contributed by atoms with van der Waals surface area (Å²) < 4.78 is 0. The molecule has 0 aliphatic carbocycles. The Balaban J connectivity index is 5.13. The van der Waals surface area contributed by atoms with Crippen molar-refractivity contribution in [2.75, 3.05) is 0 Å². The van der Waals surface area contributed by atoms with Crippen LogP contribution in [0.25, 0.3) is 0 Å². The molecule has 2 unspecified atom stereocenters. The largest absolute Gasteiger partial charge is 0.103 e. The van der Waals surface area contributed by atoms with E-state index >= 15 is 0 Å². The first-order chi connectivity index (χ1) is 9.26. The lowest BCUT2D eigenvalue weighted by atomic mass is 9.67. The standard InChI is InChI=1S/C20H33/c1-9-18(7)19(14-13-17(5)6)20(8,10-2)15-11-12-16(3)4/h9-10,12-13,19H,1-2,11,14-15H2,3-8H3. The van der Waals surface area contributed by atoms with Gasteiger partial charge in [0.2, 0.25) is 0 Å². The first kappa shape index (κ1) is 19.0. The summed E-state index contributed by atoms with van der Waals surface area (Å²) in [7, 11) is 0. The molecule has 0 aromatic heterocycles. The molecule has 20 heavy (non-hydrogen) atoms. The normalized spacial score (nSPS) is 15.2. The third-order valence-corrected chi connectivity index (χ3v) is 4.13. The van der Waals surface area contributed by atoms with Gasteiger partial charge >= 0.3 is 0 Å². The van der Waals surface area contributed by atoms with Gasteiger partial charge in [0.15, 0.2) is 0 Å². The fraction of sp³-hybridized carbons (Fsp3) is 0.550. The SMILES string of the molecule is C=C[C](C)C(CC=C(C)C)C(C)(C=C)CCC=C(C)C. The van der Waals surface area contributed by atoms with Crippen LogP contribution in [0.15, 0.2) is 48.6 Å². The summed E-state index contributed by atoms with van der Waals surface area (Å²) in [6.45, 7) is 21.2. The number of hydrogen-bond donors (Lipinski definition) is 0. The lowest BCUT2D eigenvalue weighted by molar-refractivity contribution is 0.258. The van der Waals surface area contributed by atoms with E-state index in [0.717, 1.165) is 19.3 Å². The average molecular weight is 273 g/mol. The van der Waals surface area contributed by atoms with Crippen molar-refractivity contribution in [1.29, 1.82) is 0 Å². The molecule has 0 fully saturated rings. The van der Waals surface area contributed by atoms with Crippen LogP contribution in [0.5, 0.6) is 0 Å². The molecular formula is C20H33. The Labute approximate surface area is 127 Å². The van der Waals surface area contributed by atoms with E-state index in [9.17, 15) is 0 Å². The number of rotatable bonds is 9. The Morgan fingerprint density at radius 1 is 1.00 bits per heavy atom. The summed E-state index contributed by atoms with van der Waals surface area (Å²) in [6.07, 6.45) is 12.1. The van der Waals surface area contributed by atoms with Crippen molar-refractivity contribution in [3.8, 4) is 0 Å². The zero-order valence-electron chi connectivity index (χ0n) is 14.4. The van der Waals surface area contributed by atoms with Gasteiger partial charge in [-0.25, -0.2) is 0 Å². The smallest absolute Gasteiger partial charge is 0.00186 e. The van der Waals surface area contributed by atoms with Crippen LogP contribution in [0.2, 0.25) is 0 Å². The van der Waals surface area contributed by atoms with Crippen molar-refractivity contribution in [2.45, 2.75) is 60.8 Å². The Hall–Kier alpha value is -1.04. The van der Waals surface area contributed by atoms with Crippen LogP contribution in [0, 0.1) is 17.3 Å². The monoisotopic (exact) mass is 273 g/mol. The summed E-state index contributed by atoms with van der Waals surface area (Å²) in [4.78, 5) is 0. The van der Waals surface area contributed by atoms with Gasteiger partial charge in [-0.3, -0.25) is 0 Å². The molecule has 2 atom stereocenters. The molecule has 0 aliphatic rings. The zero-order chi connectivity index (χ0) is 15.8. The molecule has 0 amide bonds. The summed E-state index contributed by atoms with van der Waals surface area (Å²) in [5.74, 6) is 1.85. The number of hydrogen-bond acceptors (Lipinski definition) is 0. The molecular weight excluding hydrogens is 240 g/mol. The van der Waals surface area contributed by atoms with Gasteiger partial charge in [-0.1, -0.05) is 49.3 Å². The molecule has 0 spiro atoms. The van der Waals surface area contributed by atoms with Crippen molar-refractivity contribution in [2.24, 2.45) is 11.3 Å². The Kier molecular flexibility index (Phi) is 8.53. The molecule has 0 saturated heterocycles. The van der Waals surface area contributed by atoms with Crippen molar-refractivity contribution in [1.82, 2.24) is 0 Å². The third-order valence-electron chi connectivity index (χ3n) is 4.13. The lowest BCUT2D eigenvalue weighted by Gasteiger charge is -2.37. The average Bonchev–Trinajstić information content (AvgIpc) is 2.37. The molecule has 0 heterocycles. The van der Waals surface area contributed by atoms with E-state index in [1.807, 2.05) is 6.08 Å². The topological polar surface area (TPSA) is 0 Å². The van der Waals surface area contributed by atoms with E-state index in [1.165, 1.54) is 17.1 Å². The fourth-order valence-electron chi connectivity index (χ4n) is 2.56. The number of allylic oxidation sites excluding steroid dienone is 6. The lowest BCUT2D eigenvalue weighted by Crippen LogP contribution is -2.28. The first-order valence-electron chi connectivity index (χ1n) is 7.63. The maximum atomic E-state index is 4.11. The van der Waals surface area contributed by atoms with Gasteiger partial charge in [-0.05, 0) is 64.2 Å². The van der Waals surface area contributed by atoms with Gasteiger partial charge in [0, 0.05) is 0 Å². The molecule has 0 saturated carbocycles. The van der Waals surface area contributed by atoms with Crippen molar-refractivity contribution >= 4 is 0 Å². The fourth-order valence-corrected chi connectivity index (χ4v) is 2.56. The summed E-state index contributed by atoms with van der Waals surface area (Å²) in [5, 5.41) is 0. The highest BCUT2D eigenvalue weighted by Gasteiger charge is 2.33.